The number of carbonyl (C=O) groups excluding carboxylic acids is 2. The summed E-state index contributed by atoms with van der Waals surface area (Å²) < 4.78 is 47.1. The van der Waals surface area contributed by atoms with Gasteiger partial charge in [0.2, 0.25) is 10.0 Å². The summed E-state index contributed by atoms with van der Waals surface area (Å²) in [5.74, 6) is -0.861. The fourth-order valence-corrected chi connectivity index (χ4v) is 4.79. The third kappa shape index (κ3) is 5.93. The summed E-state index contributed by atoms with van der Waals surface area (Å²) >= 11 is 6.08. The third-order valence-corrected chi connectivity index (χ3v) is 6.94. The second kappa shape index (κ2) is 10.8. The molecule has 1 aliphatic rings. The van der Waals surface area contributed by atoms with Crippen molar-refractivity contribution in [1.29, 1.82) is 0 Å². The number of methoxy groups -OCH3 is 2. The van der Waals surface area contributed by atoms with E-state index in [4.69, 9.17) is 30.5 Å². The Morgan fingerprint density at radius 2 is 1.76 bits per heavy atom. The van der Waals surface area contributed by atoms with E-state index in [1.54, 1.807) is 0 Å². The van der Waals surface area contributed by atoms with Crippen LogP contribution < -0.4 is 14.8 Å². The van der Waals surface area contributed by atoms with Gasteiger partial charge in [-0.05, 0) is 36.4 Å². The lowest BCUT2D eigenvalue weighted by molar-refractivity contribution is -0.119. The number of esters is 1. The maximum Gasteiger partial charge on any atom is 0.338 e. The van der Waals surface area contributed by atoms with Gasteiger partial charge < -0.3 is 24.3 Å². The second-order valence-electron chi connectivity index (χ2n) is 6.86. The molecule has 0 radical (unpaired) electrons. The number of carbonyl (C=O) groups is 2. The van der Waals surface area contributed by atoms with Crippen molar-refractivity contribution in [3.05, 3.63) is 47.0 Å². The van der Waals surface area contributed by atoms with Crippen molar-refractivity contribution in [1.82, 2.24) is 4.31 Å². The Hall–Kier alpha value is -2.86. The van der Waals surface area contributed by atoms with Crippen molar-refractivity contribution in [2.24, 2.45) is 0 Å². The lowest BCUT2D eigenvalue weighted by Gasteiger charge is -2.26. The van der Waals surface area contributed by atoms with E-state index in [1.807, 2.05) is 0 Å². The molecule has 0 unspecified atom stereocenters. The van der Waals surface area contributed by atoms with Gasteiger partial charge in [0, 0.05) is 18.8 Å². The Morgan fingerprint density at radius 1 is 1.09 bits per heavy atom. The number of benzene rings is 2. The molecule has 0 aliphatic carbocycles. The van der Waals surface area contributed by atoms with Gasteiger partial charge in [0.05, 0.1) is 42.9 Å². The Labute approximate surface area is 196 Å². The van der Waals surface area contributed by atoms with Gasteiger partial charge in [0.1, 0.15) is 0 Å². The molecule has 0 bridgehead atoms. The largest absolute Gasteiger partial charge is 0.493 e. The maximum atomic E-state index is 12.6. The molecular formula is C21H23ClN2O8S. The van der Waals surface area contributed by atoms with Crippen LogP contribution in [0.2, 0.25) is 5.02 Å². The summed E-state index contributed by atoms with van der Waals surface area (Å²) in [6.45, 7) is 0.719. The van der Waals surface area contributed by atoms with Gasteiger partial charge in [-0.3, -0.25) is 4.79 Å². The molecule has 1 saturated heterocycles. The Balaban J connectivity index is 1.58. The maximum absolute atomic E-state index is 12.6. The van der Waals surface area contributed by atoms with Crippen LogP contribution in [0.15, 0.2) is 41.3 Å². The minimum Gasteiger partial charge on any atom is -0.493 e. The number of hydrogen-bond acceptors (Lipinski definition) is 8. The van der Waals surface area contributed by atoms with E-state index >= 15 is 0 Å². The summed E-state index contributed by atoms with van der Waals surface area (Å²) in [4.78, 5) is 24.6. The Morgan fingerprint density at radius 3 is 2.36 bits per heavy atom. The highest BCUT2D eigenvalue weighted by Crippen LogP contribution is 2.36. The molecule has 1 N–H and O–H groups in total. The molecule has 1 aliphatic heterocycles. The quantitative estimate of drug-likeness (QED) is 0.550. The first kappa shape index (κ1) is 24.8. The molecule has 1 fully saturated rings. The van der Waals surface area contributed by atoms with Crippen LogP contribution in [0.5, 0.6) is 11.5 Å². The fourth-order valence-electron chi connectivity index (χ4n) is 3.09. The predicted molar refractivity (Wildman–Crippen MR) is 119 cm³/mol. The standard InChI is InChI=1S/C21H23ClN2O8S/c1-29-18-12-14(11-17(22)20(18)30-2)21(26)32-13-19(25)23-15-3-5-16(6-4-15)33(27,28)24-7-9-31-10-8-24/h3-6,11-12H,7-10,13H2,1-2H3,(H,23,25). The third-order valence-electron chi connectivity index (χ3n) is 4.75. The highest BCUT2D eigenvalue weighted by atomic mass is 35.5. The van der Waals surface area contributed by atoms with Crippen LogP contribution in [0.25, 0.3) is 0 Å². The van der Waals surface area contributed by atoms with E-state index in [9.17, 15) is 18.0 Å². The molecule has 33 heavy (non-hydrogen) atoms. The van der Waals surface area contributed by atoms with E-state index in [2.05, 4.69) is 5.32 Å². The second-order valence-corrected chi connectivity index (χ2v) is 9.20. The average Bonchev–Trinajstić information content (AvgIpc) is 2.82. The lowest BCUT2D eigenvalue weighted by Crippen LogP contribution is -2.40. The number of rotatable bonds is 8. The SMILES string of the molecule is COc1cc(C(=O)OCC(=O)Nc2ccc(S(=O)(=O)N3CCOCC3)cc2)cc(Cl)c1OC. The number of hydrogen-bond donors (Lipinski definition) is 1. The smallest absolute Gasteiger partial charge is 0.338 e. The fraction of sp³-hybridized carbons (Fsp3) is 0.333. The molecule has 2 aromatic carbocycles. The summed E-state index contributed by atoms with van der Waals surface area (Å²) in [7, 11) is -0.822. The highest BCUT2D eigenvalue weighted by molar-refractivity contribution is 7.89. The van der Waals surface area contributed by atoms with Crippen molar-refractivity contribution in [3.8, 4) is 11.5 Å². The van der Waals surface area contributed by atoms with Crippen molar-refractivity contribution in [2.45, 2.75) is 4.90 Å². The number of ether oxygens (including phenoxy) is 4. The van der Waals surface area contributed by atoms with Crippen LogP contribution in [0.1, 0.15) is 10.4 Å². The van der Waals surface area contributed by atoms with Gasteiger partial charge in [0.15, 0.2) is 18.1 Å². The molecule has 0 atom stereocenters. The topological polar surface area (TPSA) is 120 Å². The minimum atomic E-state index is -3.63. The van der Waals surface area contributed by atoms with Crippen molar-refractivity contribution < 1.29 is 37.0 Å². The van der Waals surface area contributed by atoms with Gasteiger partial charge in [-0.2, -0.15) is 4.31 Å². The summed E-state index contributed by atoms with van der Waals surface area (Å²) in [5.41, 5.74) is 0.439. The van der Waals surface area contributed by atoms with E-state index in [-0.39, 0.29) is 40.1 Å². The molecule has 1 amide bonds. The number of morpholine rings is 1. The first-order valence-electron chi connectivity index (χ1n) is 9.82. The van der Waals surface area contributed by atoms with Crippen molar-refractivity contribution in [2.75, 3.05) is 52.4 Å². The number of sulfonamides is 1. The molecule has 2 aromatic rings. The molecular weight excluding hydrogens is 476 g/mol. The lowest BCUT2D eigenvalue weighted by atomic mass is 10.2. The van der Waals surface area contributed by atoms with E-state index in [1.165, 1.54) is 54.9 Å². The van der Waals surface area contributed by atoms with Gasteiger partial charge >= 0.3 is 5.97 Å². The molecule has 12 heteroatoms. The molecule has 10 nitrogen and oxygen atoms in total. The zero-order valence-corrected chi connectivity index (χ0v) is 19.6. The van der Waals surface area contributed by atoms with Crippen LogP contribution in [-0.4, -0.2) is 71.7 Å². The van der Waals surface area contributed by atoms with E-state index < -0.39 is 28.5 Å². The zero-order chi connectivity index (χ0) is 24.0. The number of nitrogens with one attached hydrogen (secondary N) is 1. The normalized spacial score (nSPS) is 14.4. The van der Waals surface area contributed by atoms with Gasteiger partial charge in [0.25, 0.3) is 5.91 Å². The Bertz CT molecular complexity index is 1120. The summed E-state index contributed by atoms with van der Waals surface area (Å²) in [5, 5.41) is 2.70. The van der Waals surface area contributed by atoms with Crippen LogP contribution in [-0.2, 0) is 24.3 Å². The summed E-state index contributed by atoms with van der Waals surface area (Å²) in [6.07, 6.45) is 0. The molecule has 0 spiro atoms. The monoisotopic (exact) mass is 498 g/mol. The van der Waals surface area contributed by atoms with Crippen LogP contribution in [0, 0.1) is 0 Å². The Kier molecular flexibility index (Phi) is 8.14. The average molecular weight is 499 g/mol. The van der Waals surface area contributed by atoms with E-state index in [0.29, 0.717) is 18.9 Å². The first-order valence-corrected chi connectivity index (χ1v) is 11.6. The molecule has 0 aromatic heterocycles. The number of nitrogens with zero attached hydrogens (tertiary/aromatic N) is 1. The predicted octanol–water partition coefficient (Wildman–Crippen LogP) is 2.17. The minimum absolute atomic E-state index is 0.0862. The molecule has 1 heterocycles. The number of halogens is 1. The van der Waals surface area contributed by atoms with Crippen LogP contribution in [0.3, 0.4) is 0 Å². The number of anilines is 1. The van der Waals surface area contributed by atoms with E-state index in [0.717, 1.165) is 0 Å². The molecule has 0 saturated carbocycles. The number of amides is 1. The van der Waals surface area contributed by atoms with Crippen LogP contribution in [0.4, 0.5) is 5.69 Å². The van der Waals surface area contributed by atoms with Crippen LogP contribution >= 0.6 is 11.6 Å². The molecule has 3 rings (SSSR count). The first-order chi connectivity index (χ1) is 15.8. The van der Waals surface area contributed by atoms with Crippen molar-refractivity contribution >= 4 is 39.2 Å². The van der Waals surface area contributed by atoms with Gasteiger partial charge in [-0.1, -0.05) is 11.6 Å². The van der Waals surface area contributed by atoms with Gasteiger partial charge in [-0.25, -0.2) is 13.2 Å². The van der Waals surface area contributed by atoms with Gasteiger partial charge in [-0.15, -0.1) is 0 Å². The summed E-state index contributed by atoms with van der Waals surface area (Å²) in [6, 6.07) is 8.45. The highest BCUT2D eigenvalue weighted by Gasteiger charge is 2.26. The zero-order valence-electron chi connectivity index (χ0n) is 18.0. The van der Waals surface area contributed by atoms with Crippen molar-refractivity contribution in [3.63, 3.8) is 0 Å². The molecule has 178 valence electrons.